The van der Waals surface area contributed by atoms with E-state index in [9.17, 15) is 8.42 Å². The molecule has 140 valence electrons. The number of ether oxygens (including phenoxy) is 2. The van der Waals surface area contributed by atoms with Crippen molar-refractivity contribution in [3.63, 3.8) is 0 Å². The Morgan fingerprint density at radius 1 is 1.04 bits per heavy atom. The van der Waals surface area contributed by atoms with Crippen LogP contribution in [0.3, 0.4) is 0 Å². The zero-order chi connectivity index (χ0) is 18.4. The summed E-state index contributed by atoms with van der Waals surface area (Å²) in [5, 5.41) is 0. The molecular weight excluding hydrogens is 352 g/mol. The van der Waals surface area contributed by atoms with Gasteiger partial charge in [-0.05, 0) is 37.6 Å². The second kappa shape index (κ2) is 8.42. The molecule has 0 aliphatic carbocycles. The van der Waals surface area contributed by atoms with Gasteiger partial charge in [-0.1, -0.05) is 18.2 Å². The Morgan fingerprint density at radius 3 is 2.50 bits per heavy atom. The van der Waals surface area contributed by atoms with Crippen molar-refractivity contribution in [2.45, 2.75) is 18.2 Å². The van der Waals surface area contributed by atoms with Gasteiger partial charge in [0.15, 0.2) is 11.5 Å². The van der Waals surface area contributed by atoms with Gasteiger partial charge in [0.05, 0.1) is 4.90 Å². The third-order valence-electron chi connectivity index (χ3n) is 4.22. The van der Waals surface area contributed by atoms with Crippen LogP contribution >= 0.6 is 0 Å². The quantitative estimate of drug-likeness (QED) is 0.718. The zero-order valence-corrected chi connectivity index (χ0v) is 15.7. The number of nitrogens with one attached hydrogen (secondary N) is 1. The summed E-state index contributed by atoms with van der Waals surface area (Å²) in [6, 6.07) is 14.8. The summed E-state index contributed by atoms with van der Waals surface area (Å²) in [7, 11) is -3.57. The van der Waals surface area contributed by atoms with E-state index in [1.807, 2.05) is 18.2 Å². The first-order valence-corrected chi connectivity index (χ1v) is 10.3. The molecule has 0 atom stereocenters. The number of hydrogen-bond acceptors (Lipinski definition) is 5. The van der Waals surface area contributed by atoms with Gasteiger partial charge in [-0.3, -0.25) is 0 Å². The number of para-hydroxylation sites is 1. The molecule has 0 radical (unpaired) electrons. The predicted molar refractivity (Wildman–Crippen MR) is 102 cm³/mol. The average Bonchev–Trinajstić information content (AvgIpc) is 2.68. The van der Waals surface area contributed by atoms with E-state index in [-0.39, 0.29) is 4.90 Å². The summed E-state index contributed by atoms with van der Waals surface area (Å²) in [5.41, 5.74) is 1.14. The molecular formula is C19H24N2O4S. The maximum atomic E-state index is 12.5. The van der Waals surface area contributed by atoms with Gasteiger partial charge in [-0.2, -0.15) is 0 Å². The van der Waals surface area contributed by atoms with Crippen molar-refractivity contribution in [2.24, 2.45) is 0 Å². The summed E-state index contributed by atoms with van der Waals surface area (Å²) < 4.78 is 38.5. The van der Waals surface area contributed by atoms with E-state index in [1.54, 1.807) is 6.07 Å². The minimum atomic E-state index is -3.57. The first kappa shape index (κ1) is 18.5. The summed E-state index contributed by atoms with van der Waals surface area (Å²) in [6.07, 6.45) is 0.715. The van der Waals surface area contributed by atoms with Crippen molar-refractivity contribution in [1.29, 1.82) is 0 Å². The molecule has 6 nitrogen and oxygen atoms in total. The molecule has 7 heteroatoms. The van der Waals surface area contributed by atoms with Crippen molar-refractivity contribution in [2.75, 3.05) is 37.7 Å². The lowest BCUT2D eigenvalue weighted by molar-refractivity contribution is 0.171. The van der Waals surface area contributed by atoms with Gasteiger partial charge in [0, 0.05) is 31.4 Å². The Balaban J connectivity index is 1.55. The van der Waals surface area contributed by atoms with Crippen molar-refractivity contribution in [3.8, 4) is 11.5 Å². The monoisotopic (exact) mass is 376 g/mol. The molecule has 0 fully saturated rings. The van der Waals surface area contributed by atoms with Gasteiger partial charge >= 0.3 is 0 Å². The summed E-state index contributed by atoms with van der Waals surface area (Å²) in [5.74, 6) is 1.05. The molecule has 1 heterocycles. The van der Waals surface area contributed by atoms with Crippen molar-refractivity contribution in [3.05, 3.63) is 48.5 Å². The normalized spacial score (nSPS) is 13.4. The van der Waals surface area contributed by atoms with E-state index in [0.717, 1.165) is 18.8 Å². The highest BCUT2D eigenvalue weighted by atomic mass is 32.2. The van der Waals surface area contributed by atoms with Crippen LogP contribution < -0.4 is 19.1 Å². The molecule has 1 aliphatic heterocycles. The zero-order valence-electron chi connectivity index (χ0n) is 14.8. The molecule has 0 saturated heterocycles. The van der Waals surface area contributed by atoms with E-state index in [0.29, 0.717) is 37.7 Å². The minimum Gasteiger partial charge on any atom is -0.486 e. The van der Waals surface area contributed by atoms with Crippen LogP contribution in [0.15, 0.2) is 53.4 Å². The topological polar surface area (TPSA) is 67.9 Å². The number of rotatable bonds is 8. The van der Waals surface area contributed by atoms with Crippen LogP contribution in [-0.4, -0.2) is 41.3 Å². The molecule has 3 rings (SSSR count). The minimum absolute atomic E-state index is 0.192. The second-order valence-electron chi connectivity index (χ2n) is 5.97. The standard InChI is InChI=1S/C19H24N2O4S/c1-2-21(16-7-4-3-5-8-16)12-6-11-20-26(22,23)17-9-10-18-19(15-17)25-14-13-24-18/h3-5,7-10,15,20H,2,6,11-14H2,1H3. The maximum absolute atomic E-state index is 12.5. The van der Waals surface area contributed by atoms with Gasteiger partial charge in [0.2, 0.25) is 10.0 Å². The summed E-state index contributed by atoms with van der Waals surface area (Å²) in [4.78, 5) is 2.41. The number of hydrogen-bond donors (Lipinski definition) is 1. The van der Waals surface area contributed by atoms with Gasteiger partial charge in [-0.15, -0.1) is 0 Å². The van der Waals surface area contributed by atoms with Gasteiger partial charge in [0.1, 0.15) is 13.2 Å². The van der Waals surface area contributed by atoms with E-state index in [2.05, 4.69) is 28.7 Å². The molecule has 1 aliphatic rings. The summed E-state index contributed by atoms with van der Waals surface area (Å²) in [6.45, 7) is 5.03. The van der Waals surface area contributed by atoms with Crippen molar-refractivity contribution in [1.82, 2.24) is 4.72 Å². The van der Waals surface area contributed by atoms with Crippen LogP contribution in [0, 0.1) is 0 Å². The van der Waals surface area contributed by atoms with Crippen LogP contribution in [-0.2, 0) is 10.0 Å². The van der Waals surface area contributed by atoms with Crippen LogP contribution in [0.4, 0.5) is 5.69 Å². The third kappa shape index (κ3) is 4.47. The lowest BCUT2D eigenvalue weighted by atomic mass is 10.2. The Bertz CT molecular complexity index is 825. The number of benzene rings is 2. The number of nitrogens with zero attached hydrogens (tertiary/aromatic N) is 1. The lowest BCUT2D eigenvalue weighted by Crippen LogP contribution is -2.30. The van der Waals surface area contributed by atoms with Crippen molar-refractivity contribution < 1.29 is 17.9 Å². The molecule has 0 spiro atoms. The van der Waals surface area contributed by atoms with Crippen LogP contribution in [0.25, 0.3) is 0 Å². The molecule has 0 unspecified atom stereocenters. The first-order chi connectivity index (χ1) is 12.6. The number of sulfonamides is 1. The highest BCUT2D eigenvalue weighted by Crippen LogP contribution is 2.32. The maximum Gasteiger partial charge on any atom is 0.240 e. The molecule has 0 saturated carbocycles. The molecule has 0 aromatic heterocycles. The Hall–Kier alpha value is -2.25. The Morgan fingerprint density at radius 2 is 1.77 bits per heavy atom. The molecule has 0 amide bonds. The highest BCUT2D eigenvalue weighted by Gasteiger charge is 2.19. The van der Waals surface area contributed by atoms with Gasteiger partial charge < -0.3 is 14.4 Å². The van der Waals surface area contributed by atoms with Crippen molar-refractivity contribution >= 4 is 15.7 Å². The molecule has 1 N–H and O–H groups in total. The van der Waals surface area contributed by atoms with Crippen LogP contribution in [0.2, 0.25) is 0 Å². The molecule has 2 aromatic rings. The Labute approximate surface area is 154 Å². The Kier molecular flexibility index (Phi) is 6.00. The van der Waals surface area contributed by atoms with Crippen LogP contribution in [0.1, 0.15) is 13.3 Å². The molecule has 0 bridgehead atoms. The van der Waals surface area contributed by atoms with E-state index in [4.69, 9.17) is 9.47 Å². The van der Waals surface area contributed by atoms with Gasteiger partial charge in [-0.25, -0.2) is 13.1 Å². The van der Waals surface area contributed by atoms with E-state index in [1.165, 1.54) is 12.1 Å². The summed E-state index contributed by atoms with van der Waals surface area (Å²) >= 11 is 0. The lowest BCUT2D eigenvalue weighted by Gasteiger charge is -2.23. The predicted octanol–water partition coefficient (Wildman–Crippen LogP) is 2.65. The average molecular weight is 376 g/mol. The molecule has 26 heavy (non-hydrogen) atoms. The fourth-order valence-corrected chi connectivity index (χ4v) is 3.95. The SMILES string of the molecule is CCN(CCCNS(=O)(=O)c1ccc2c(c1)OCCO2)c1ccccc1. The largest absolute Gasteiger partial charge is 0.486 e. The van der Waals surface area contributed by atoms with Crippen LogP contribution in [0.5, 0.6) is 11.5 Å². The smallest absolute Gasteiger partial charge is 0.240 e. The number of anilines is 1. The highest BCUT2D eigenvalue weighted by molar-refractivity contribution is 7.89. The van der Waals surface area contributed by atoms with E-state index >= 15 is 0 Å². The molecule has 2 aromatic carbocycles. The fraction of sp³-hybridized carbons (Fsp3) is 0.368. The third-order valence-corrected chi connectivity index (χ3v) is 5.68. The second-order valence-corrected chi connectivity index (χ2v) is 7.74. The fourth-order valence-electron chi connectivity index (χ4n) is 2.86. The number of fused-ring (bicyclic) bond motifs is 1. The first-order valence-electron chi connectivity index (χ1n) is 8.79. The van der Waals surface area contributed by atoms with E-state index < -0.39 is 10.0 Å². The van der Waals surface area contributed by atoms with Gasteiger partial charge in [0.25, 0.3) is 0 Å².